The van der Waals surface area contributed by atoms with Crippen molar-refractivity contribution in [1.29, 1.82) is 0 Å². The van der Waals surface area contributed by atoms with Crippen LogP contribution in [0.1, 0.15) is 35.3 Å². The Morgan fingerprint density at radius 2 is 1.72 bits per heavy atom. The monoisotopic (exact) mass is 362 g/mol. The number of para-hydroxylation sites is 1. The van der Waals surface area contributed by atoms with Crippen LogP contribution in [-0.2, 0) is 22.9 Å². The molecule has 0 aliphatic rings. The summed E-state index contributed by atoms with van der Waals surface area (Å²) in [6.45, 7) is 4.02. The molecule has 0 fully saturated rings. The number of amides is 1. The van der Waals surface area contributed by atoms with Crippen LogP contribution in [0.2, 0.25) is 0 Å². The predicted octanol–water partition coefficient (Wildman–Crippen LogP) is 2.72. The number of rotatable bonds is 6. The molecule has 2 rings (SSSR count). The highest BCUT2D eigenvalue weighted by molar-refractivity contribution is 7.89. The number of hydrogen-bond acceptors (Lipinski definition) is 4. The second-order valence-electron chi connectivity index (χ2n) is 5.52. The number of aryl methyl sites for hydroxylation is 2. The standard InChI is InChI=1S/C18H22N2O4S/c1-4-12-7-6-8-13(5-2)17(12)20-18(21)14-9-10-15(24-3)16(11-14)25(19,22)23/h6-11H,4-5H2,1-3H3,(H,20,21)(H2,19,22,23). The summed E-state index contributed by atoms with van der Waals surface area (Å²) < 4.78 is 28.4. The molecule has 1 amide bonds. The highest BCUT2D eigenvalue weighted by Gasteiger charge is 2.19. The number of primary sulfonamides is 1. The number of hydrogen-bond donors (Lipinski definition) is 2. The maximum absolute atomic E-state index is 12.6. The molecule has 0 saturated heterocycles. The van der Waals surface area contributed by atoms with E-state index in [0.717, 1.165) is 29.7 Å². The molecule has 3 N–H and O–H groups in total. The van der Waals surface area contributed by atoms with Gasteiger partial charge in [-0.3, -0.25) is 4.79 Å². The largest absolute Gasteiger partial charge is 0.495 e. The molecule has 0 radical (unpaired) electrons. The van der Waals surface area contributed by atoms with E-state index in [0.29, 0.717) is 0 Å². The van der Waals surface area contributed by atoms with E-state index in [9.17, 15) is 13.2 Å². The molecule has 0 atom stereocenters. The maximum atomic E-state index is 12.6. The minimum Gasteiger partial charge on any atom is -0.495 e. The molecule has 7 heteroatoms. The third kappa shape index (κ3) is 4.18. The van der Waals surface area contributed by atoms with Crippen LogP contribution in [-0.4, -0.2) is 21.4 Å². The van der Waals surface area contributed by atoms with Crippen LogP contribution < -0.4 is 15.2 Å². The van der Waals surface area contributed by atoms with Gasteiger partial charge in [0.25, 0.3) is 5.91 Å². The summed E-state index contributed by atoms with van der Waals surface area (Å²) in [7, 11) is -2.66. The number of carbonyl (C=O) groups excluding carboxylic acids is 1. The summed E-state index contributed by atoms with van der Waals surface area (Å²) in [6.07, 6.45) is 1.54. The Balaban J connectivity index is 2.44. The van der Waals surface area contributed by atoms with E-state index in [2.05, 4.69) is 5.32 Å². The number of ether oxygens (including phenoxy) is 1. The van der Waals surface area contributed by atoms with Crippen molar-refractivity contribution in [1.82, 2.24) is 0 Å². The topological polar surface area (TPSA) is 98.5 Å². The lowest BCUT2D eigenvalue weighted by Gasteiger charge is -2.15. The highest BCUT2D eigenvalue weighted by atomic mass is 32.2. The van der Waals surface area contributed by atoms with Crippen LogP contribution >= 0.6 is 0 Å². The lowest BCUT2D eigenvalue weighted by molar-refractivity contribution is 0.102. The number of sulfonamides is 1. The minimum atomic E-state index is -4.01. The molecule has 134 valence electrons. The third-order valence-electron chi connectivity index (χ3n) is 3.97. The summed E-state index contributed by atoms with van der Waals surface area (Å²) in [6, 6.07) is 10.0. The van der Waals surface area contributed by atoms with E-state index in [-0.39, 0.29) is 16.2 Å². The Labute approximate surface area is 148 Å². The zero-order valence-electron chi connectivity index (χ0n) is 14.5. The number of nitrogens with one attached hydrogen (secondary N) is 1. The zero-order valence-corrected chi connectivity index (χ0v) is 15.3. The molecule has 0 aliphatic heterocycles. The van der Waals surface area contributed by atoms with Gasteiger partial charge in [-0.2, -0.15) is 0 Å². The van der Waals surface area contributed by atoms with E-state index in [1.807, 2.05) is 32.0 Å². The van der Waals surface area contributed by atoms with E-state index in [1.165, 1.54) is 25.3 Å². The van der Waals surface area contributed by atoms with Crippen molar-refractivity contribution < 1.29 is 17.9 Å². The molecule has 0 aromatic heterocycles. The third-order valence-corrected chi connectivity index (χ3v) is 4.90. The fraction of sp³-hybridized carbons (Fsp3) is 0.278. The first-order valence-corrected chi connectivity index (χ1v) is 9.49. The number of nitrogens with two attached hydrogens (primary N) is 1. The molecule has 2 aromatic carbocycles. The Kier molecular flexibility index (Phi) is 5.81. The number of carbonyl (C=O) groups is 1. The Bertz CT molecular complexity index is 870. The summed E-state index contributed by atoms with van der Waals surface area (Å²) in [5.41, 5.74) is 3.00. The molecule has 6 nitrogen and oxygen atoms in total. The van der Waals surface area contributed by atoms with Crippen molar-refractivity contribution in [3.8, 4) is 5.75 Å². The van der Waals surface area contributed by atoms with Crippen molar-refractivity contribution in [2.75, 3.05) is 12.4 Å². The summed E-state index contributed by atoms with van der Waals surface area (Å²) in [5, 5.41) is 8.10. The van der Waals surface area contributed by atoms with Gasteiger partial charge < -0.3 is 10.1 Å². The van der Waals surface area contributed by atoms with Crippen LogP contribution in [0.5, 0.6) is 5.75 Å². The van der Waals surface area contributed by atoms with Gasteiger partial charge in [-0.1, -0.05) is 32.0 Å². The highest BCUT2D eigenvalue weighted by Crippen LogP contribution is 2.26. The fourth-order valence-electron chi connectivity index (χ4n) is 2.63. The van der Waals surface area contributed by atoms with Gasteiger partial charge >= 0.3 is 0 Å². The molecule has 0 saturated carbocycles. The van der Waals surface area contributed by atoms with Gasteiger partial charge in [-0.25, -0.2) is 13.6 Å². The normalized spacial score (nSPS) is 11.2. The number of benzene rings is 2. The summed E-state index contributed by atoms with van der Waals surface area (Å²) >= 11 is 0. The van der Waals surface area contributed by atoms with Gasteiger partial charge in [-0.15, -0.1) is 0 Å². The van der Waals surface area contributed by atoms with Crippen LogP contribution in [0.25, 0.3) is 0 Å². The molecule has 25 heavy (non-hydrogen) atoms. The van der Waals surface area contributed by atoms with Crippen LogP contribution in [0, 0.1) is 0 Å². The molecule has 0 aliphatic carbocycles. The first-order chi connectivity index (χ1) is 11.8. The number of anilines is 1. The molecular weight excluding hydrogens is 340 g/mol. The van der Waals surface area contributed by atoms with Gasteiger partial charge in [-0.05, 0) is 42.2 Å². The second kappa shape index (κ2) is 7.67. The molecule has 0 spiro atoms. The fourth-order valence-corrected chi connectivity index (χ4v) is 3.35. The van der Waals surface area contributed by atoms with Crippen molar-refractivity contribution in [3.05, 3.63) is 53.1 Å². The van der Waals surface area contributed by atoms with E-state index in [4.69, 9.17) is 9.88 Å². The van der Waals surface area contributed by atoms with Gasteiger partial charge in [0.15, 0.2) is 0 Å². The van der Waals surface area contributed by atoms with Crippen molar-refractivity contribution >= 4 is 21.6 Å². The molecule has 0 unspecified atom stereocenters. The lowest BCUT2D eigenvalue weighted by atomic mass is 10.0. The Hall–Kier alpha value is -2.38. The van der Waals surface area contributed by atoms with Gasteiger partial charge in [0.1, 0.15) is 10.6 Å². The van der Waals surface area contributed by atoms with Gasteiger partial charge in [0, 0.05) is 11.3 Å². The van der Waals surface area contributed by atoms with Crippen molar-refractivity contribution in [2.45, 2.75) is 31.6 Å². The SMILES string of the molecule is CCc1cccc(CC)c1NC(=O)c1ccc(OC)c(S(N)(=O)=O)c1. The Morgan fingerprint density at radius 3 is 2.20 bits per heavy atom. The van der Waals surface area contributed by atoms with E-state index < -0.39 is 15.9 Å². The quantitative estimate of drug-likeness (QED) is 0.825. The van der Waals surface area contributed by atoms with E-state index >= 15 is 0 Å². The molecular formula is C18H22N2O4S. The Morgan fingerprint density at radius 1 is 1.12 bits per heavy atom. The lowest BCUT2D eigenvalue weighted by Crippen LogP contribution is -2.18. The van der Waals surface area contributed by atoms with Gasteiger partial charge in [0.2, 0.25) is 10.0 Å². The van der Waals surface area contributed by atoms with Crippen molar-refractivity contribution in [3.63, 3.8) is 0 Å². The average Bonchev–Trinajstić information content (AvgIpc) is 2.60. The first kappa shape index (κ1) is 19.0. The molecule has 0 heterocycles. The van der Waals surface area contributed by atoms with E-state index in [1.54, 1.807) is 0 Å². The first-order valence-electron chi connectivity index (χ1n) is 7.94. The van der Waals surface area contributed by atoms with Crippen LogP contribution in [0.4, 0.5) is 5.69 Å². The van der Waals surface area contributed by atoms with Crippen molar-refractivity contribution in [2.24, 2.45) is 5.14 Å². The minimum absolute atomic E-state index is 0.0993. The smallest absolute Gasteiger partial charge is 0.255 e. The van der Waals surface area contributed by atoms with Crippen LogP contribution in [0.3, 0.4) is 0 Å². The zero-order chi connectivity index (χ0) is 18.6. The van der Waals surface area contributed by atoms with Gasteiger partial charge in [0.05, 0.1) is 7.11 Å². The second-order valence-corrected chi connectivity index (χ2v) is 7.05. The average molecular weight is 362 g/mol. The maximum Gasteiger partial charge on any atom is 0.255 e. The molecule has 0 bridgehead atoms. The summed E-state index contributed by atoms with van der Waals surface area (Å²) in [4.78, 5) is 12.4. The summed E-state index contributed by atoms with van der Waals surface area (Å²) in [5.74, 6) is -0.301. The molecule has 2 aromatic rings. The van der Waals surface area contributed by atoms with Crippen LogP contribution in [0.15, 0.2) is 41.3 Å². The number of methoxy groups -OCH3 is 1. The predicted molar refractivity (Wildman–Crippen MR) is 97.5 cm³/mol.